The van der Waals surface area contributed by atoms with Crippen LogP contribution < -0.4 is 14.2 Å². The second kappa shape index (κ2) is 28.1. The van der Waals surface area contributed by atoms with E-state index < -0.39 is 5.92 Å². The quantitative estimate of drug-likeness (QED) is 0.0864. The van der Waals surface area contributed by atoms with E-state index in [2.05, 4.69) is 10.3 Å². The van der Waals surface area contributed by atoms with Crippen molar-refractivity contribution in [3.05, 3.63) is 161 Å². The highest BCUT2D eigenvalue weighted by Crippen LogP contribution is 2.27. The van der Waals surface area contributed by atoms with Gasteiger partial charge in [0, 0.05) is 38.9 Å². The van der Waals surface area contributed by atoms with Crippen LogP contribution in [-0.2, 0) is 9.59 Å². The molecule has 1 atom stereocenters. The Bertz CT molecular complexity index is 2630. The molecule has 0 fully saturated rings. The molecular formula is C55H62N2O12. The van der Waals surface area contributed by atoms with E-state index in [4.69, 9.17) is 33.5 Å². The van der Waals surface area contributed by atoms with Crippen molar-refractivity contribution in [1.82, 2.24) is 10.3 Å². The van der Waals surface area contributed by atoms with Gasteiger partial charge in [0.15, 0.2) is 23.1 Å². The van der Waals surface area contributed by atoms with Crippen LogP contribution in [0.2, 0.25) is 0 Å². The van der Waals surface area contributed by atoms with E-state index in [-0.39, 0.29) is 54.3 Å². The molecule has 0 radical (unpaired) electrons. The number of rotatable bonds is 12. The summed E-state index contributed by atoms with van der Waals surface area (Å²) in [6, 6.07) is 34.3. The molecule has 0 aliphatic rings. The van der Waals surface area contributed by atoms with Crippen molar-refractivity contribution in [3.8, 4) is 51.3 Å². The smallest absolute Gasteiger partial charge is 0.173 e. The first-order valence-electron chi connectivity index (χ1n) is 21.2. The first-order chi connectivity index (χ1) is 32.3. The molecule has 0 saturated carbocycles. The molecule has 14 nitrogen and oxygen atoms in total. The first kappa shape index (κ1) is 57.0. The van der Waals surface area contributed by atoms with Crippen molar-refractivity contribution in [2.75, 3.05) is 21.3 Å². The number of aryl methyl sites for hydroxylation is 2. The zero-order valence-corrected chi connectivity index (χ0v) is 40.2. The summed E-state index contributed by atoms with van der Waals surface area (Å²) >= 11 is 0. The van der Waals surface area contributed by atoms with Gasteiger partial charge in [-0.15, -0.1) is 0 Å². The molecule has 364 valence electrons. The predicted octanol–water partition coefficient (Wildman–Crippen LogP) is 11.8. The fraction of sp³-hybridized carbons (Fsp3) is 0.255. The van der Waals surface area contributed by atoms with Crippen molar-refractivity contribution < 1.29 is 57.4 Å². The predicted molar refractivity (Wildman–Crippen MR) is 266 cm³/mol. The lowest BCUT2D eigenvalue weighted by Gasteiger charge is -2.07. The van der Waals surface area contributed by atoms with E-state index >= 15 is 0 Å². The Balaban J connectivity index is 0.000000296. The number of Topliss-reactive ketones (excluding diaryl/α,β-unsaturated/α-hetero) is 5. The minimum Gasteiger partial charge on any atom is -0.508 e. The van der Waals surface area contributed by atoms with Crippen LogP contribution in [0.1, 0.15) is 95.2 Å². The Morgan fingerprint density at radius 3 is 1.32 bits per heavy atom. The average molecular weight is 943 g/mol. The lowest BCUT2D eigenvalue weighted by atomic mass is 9.96. The van der Waals surface area contributed by atoms with Gasteiger partial charge in [0.1, 0.15) is 51.8 Å². The Kier molecular flexibility index (Phi) is 23.2. The van der Waals surface area contributed by atoms with Crippen LogP contribution in [0.15, 0.2) is 130 Å². The number of hydrogen-bond donors (Lipinski definition) is 2. The van der Waals surface area contributed by atoms with Crippen molar-refractivity contribution in [1.29, 1.82) is 0 Å². The molecule has 69 heavy (non-hydrogen) atoms. The molecule has 0 amide bonds. The molecule has 0 aliphatic carbocycles. The van der Waals surface area contributed by atoms with Crippen molar-refractivity contribution in [2.24, 2.45) is 5.92 Å². The van der Waals surface area contributed by atoms with Crippen LogP contribution in [0, 0.1) is 33.6 Å². The Morgan fingerprint density at radius 1 is 0.551 bits per heavy atom. The van der Waals surface area contributed by atoms with E-state index in [1.54, 1.807) is 132 Å². The number of hydrogen-bond acceptors (Lipinski definition) is 14. The largest absolute Gasteiger partial charge is 0.508 e. The number of ether oxygens (including phenoxy) is 3. The number of aromatic hydroxyl groups is 2. The SMILES string of the molecule is C.COc1ccc(C(=O)C(C)C(C)=O)cc1.COc1ccc(C(=O)CC(C)=O)cc1.COc1ccc(C(C)=O)cc1.Cc1noc(-c2ccc(O)cc2)c1C.Cc1onc(-c2ccc(O)cc2)c1C. The summed E-state index contributed by atoms with van der Waals surface area (Å²) in [6.07, 6.45) is -0.0354. The Morgan fingerprint density at radius 2 is 0.971 bits per heavy atom. The van der Waals surface area contributed by atoms with E-state index in [9.17, 15) is 24.0 Å². The fourth-order valence-electron chi connectivity index (χ4n) is 5.72. The van der Waals surface area contributed by atoms with Crippen LogP contribution in [0.25, 0.3) is 22.6 Å². The summed E-state index contributed by atoms with van der Waals surface area (Å²) in [5.41, 5.74) is 7.49. The monoisotopic (exact) mass is 942 g/mol. The molecule has 0 spiro atoms. The van der Waals surface area contributed by atoms with E-state index in [1.165, 1.54) is 13.8 Å². The number of methoxy groups -OCH3 is 3. The van der Waals surface area contributed by atoms with Gasteiger partial charge in [-0.1, -0.05) is 17.7 Å². The molecule has 7 aromatic rings. The normalized spacial score (nSPS) is 10.2. The maximum Gasteiger partial charge on any atom is 0.173 e. The highest BCUT2D eigenvalue weighted by atomic mass is 16.5. The second-order valence-corrected chi connectivity index (χ2v) is 15.3. The van der Waals surface area contributed by atoms with Gasteiger partial charge in [-0.25, -0.2) is 0 Å². The number of carbonyl (C=O) groups is 5. The molecule has 2 N–H and O–H groups in total. The molecule has 0 aliphatic heterocycles. The van der Waals surface area contributed by atoms with Crippen LogP contribution in [0.5, 0.6) is 28.7 Å². The Labute approximate surface area is 403 Å². The molecule has 7 rings (SSSR count). The Hall–Kier alpha value is -8.13. The third kappa shape index (κ3) is 17.9. The van der Waals surface area contributed by atoms with Crippen molar-refractivity contribution >= 4 is 28.9 Å². The number of phenols is 2. The summed E-state index contributed by atoms with van der Waals surface area (Å²) < 4.78 is 25.1. The third-order valence-corrected chi connectivity index (χ3v) is 10.3. The molecule has 5 aromatic carbocycles. The number of nitrogens with zero attached hydrogens (tertiary/aromatic N) is 2. The summed E-state index contributed by atoms with van der Waals surface area (Å²) in [6.45, 7) is 13.7. The highest BCUT2D eigenvalue weighted by molar-refractivity contribution is 6.09. The standard InChI is InChI=1S/C12H14O3.2C11H11NO2.C11H12O3.C9H10O2.CH4/c1-8(9(2)13)12(14)10-4-6-11(15-3)7-5-10;1-7-8(2)14-12-11(7)9-3-5-10(13)6-4-9;1-7-8(2)12-14-11(7)9-3-5-10(13)6-4-9;1-8(12)7-11(13)9-3-5-10(14-2)6-4-9;1-7(10)8-3-5-9(11-2)6-4-8;/h4-8H,1-3H3;2*3-6,13H,1-2H3;3-6H,7H2,1-2H3;3-6H,1-2H3;1H4. The highest BCUT2D eigenvalue weighted by Gasteiger charge is 2.19. The molecule has 0 saturated heterocycles. The van der Waals surface area contributed by atoms with Gasteiger partial charge in [-0.3, -0.25) is 24.0 Å². The summed E-state index contributed by atoms with van der Waals surface area (Å²) in [5, 5.41) is 26.1. The van der Waals surface area contributed by atoms with Crippen LogP contribution in [0.3, 0.4) is 0 Å². The number of phenolic OH excluding ortho intramolecular Hbond substituents is 2. The third-order valence-electron chi connectivity index (χ3n) is 10.3. The van der Waals surface area contributed by atoms with Gasteiger partial charge >= 0.3 is 0 Å². The van der Waals surface area contributed by atoms with E-state index in [0.29, 0.717) is 28.2 Å². The van der Waals surface area contributed by atoms with Gasteiger partial charge in [-0.05, 0) is 177 Å². The molecule has 1 unspecified atom stereocenters. The zero-order chi connectivity index (χ0) is 50.5. The van der Waals surface area contributed by atoms with E-state index in [0.717, 1.165) is 50.9 Å². The van der Waals surface area contributed by atoms with E-state index in [1.807, 2.05) is 52.0 Å². The number of benzene rings is 5. The van der Waals surface area contributed by atoms with Crippen molar-refractivity contribution in [3.63, 3.8) is 0 Å². The number of aromatic nitrogens is 2. The summed E-state index contributed by atoms with van der Waals surface area (Å²) in [5.74, 6) is 3.24. The lowest BCUT2D eigenvalue weighted by molar-refractivity contribution is -0.119. The summed E-state index contributed by atoms with van der Waals surface area (Å²) in [4.78, 5) is 55.7. The maximum atomic E-state index is 11.7. The van der Waals surface area contributed by atoms with Crippen LogP contribution >= 0.6 is 0 Å². The van der Waals surface area contributed by atoms with Gasteiger partial charge < -0.3 is 33.5 Å². The van der Waals surface area contributed by atoms with Gasteiger partial charge in [-0.2, -0.15) is 0 Å². The van der Waals surface area contributed by atoms with Crippen LogP contribution in [-0.4, -0.2) is 70.8 Å². The number of ketones is 5. The molecule has 2 aromatic heterocycles. The second-order valence-electron chi connectivity index (χ2n) is 15.3. The zero-order valence-electron chi connectivity index (χ0n) is 40.2. The number of carbonyl (C=O) groups excluding carboxylic acids is 5. The molecule has 14 heteroatoms. The van der Waals surface area contributed by atoms with Gasteiger partial charge in [0.25, 0.3) is 0 Å². The fourth-order valence-corrected chi connectivity index (χ4v) is 5.72. The molecular weight excluding hydrogens is 881 g/mol. The first-order valence-corrected chi connectivity index (χ1v) is 21.2. The average Bonchev–Trinajstić information content (AvgIpc) is 3.86. The minimum atomic E-state index is -0.571. The lowest BCUT2D eigenvalue weighted by Crippen LogP contribution is -2.18. The molecule has 0 bridgehead atoms. The van der Waals surface area contributed by atoms with Crippen molar-refractivity contribution in [2.45, 2.75) is 69.2 Å². The maximum absolute atomic E-state index is 11.7. The minimum absolute atomic E-state index is 0. The van der Waals surface area contributed by atoms with Gasteiger partial charge in [0.05, 0.1) is 39.4 Å². The molecule has 2 heterocycles. The van der Waals surface area contributed by atoms with Gasteiger partial charge in [0.2, 0.25) is 0 Å². The van der Waals surface area contributed by atoms with Crippen LogP contribution in [0.4, 0.5) is 0 Å². The topological polar surface area (TPSA) is 206 Å². The summed E-state index contributed by atoms with van der Waals surface area (Å²) in [7, 11) is 4.73.